The fourth-order valence-electron chi connectivity index (χ4n) is 2.86. The molecule has 4 nitrogen and oxygen atoms in total. The van der Waals surface area contributed by atoms with Gasteiger partial charge < -0.3 is 10.5 Å². The molecular formula is C22H16N2O2. The van der Waals surface area contributed by atoms with E-state index in [9.17, 15) is 4.79 Å². The molecule has 4 rings (SSSR count). The summed E-state index contributed by atoms with van der Waals surface area (Å²) in [6.07, 6.45) is 0. The minimum Gasteiger partial charge on any atom is -0.422 e. The van der Waals surface area contributed by atoms with E-state index >= 15 is 0 Å². The van der Waals surface area contributed by atoms with Gasteiger partial charge in [-0.25, -0.2) is 9.78 Å². The highest BCUT2D eigenvalue weighted by molar-refractivity contribution is 5.95. The summed E-state index contributed by atoms with van der Waals surface area (Å²) >= 11 is 0. The average Bonchev–Trinajstić information content (AvgIpc) is 2.69. The number of nitrogens with two attached hydrogens (primary N) is 1. The topological polar surface area (TPSA) is 65.2 Å². The Morgan fingerprint density at radius 3 is 2.38 bits per heavy atom. The van der Waals surface area contributed by atoms with Gasteiger partial charge in [0.15, 0.2) is 0 Å². The molecule has 0 aliphatic carbocycles. The maximum Gasteiger partial charge on any atom is 0.343 e. The lowest BCUT2D eigenvalue weighted by atomic mass is 10.1. The normalized spacial score (nSPS) is 10.6. The van der Waals surface area contributed by atoms with Gasteiger partial charge in [0.25, 0.3) is 0 Å². The van der Waals surface area contributed by atoms with Crippen molar-refractivity contribution in [3.63, 3.8) is 0 Å². The Bertz CT molecular complexity index is 1090. The molecule has 4 aromatic rings. The summed E-state index contributed by atoms with van der Waals surface area (Å²) in [6.45, 7) is 0. The smallest absolute Gasteiger partial charge is 0.343 e. The Balaban J connectivity index is 1.76. The number of anilines is 1. The number of fused-ring (bicyclic) bond motifs is 1. The molecule has 1 aromatic heterocycles. The maximum absolute atomic E-state index is 12.4. The maximum atomic E-state index is 12.4. The molecule has 0 radical (unpaired) electrons. The summed E-state index contributed by atoms with van der Waals surface area (Å²) in [5, 5.41) is 1.88. The Hall–Kier alpha value is -3.66. The molecule has 0 unspecified atom stereocenters. The number of hydrogen-bond acceptors (Lipinski definition) is 4. The van der Waals surface area contributed by atoms with Gasteiger partial charge in [-0.05, 0) is 35.7 Å². The van der Waals surface area contributed by atoms with Gasteiger partial charge in [-0.3, -0.25) is 0 Å². The van der Waals surface area contributed by atoms with Gasteiger partial charge >= 0.3 is 5.97 Å². The van der Waals surface area contributed by atoms with Crippen LogP contribution in [-0.2, 0) is 0 Å². The number of aromatic nitrogens is 1. The van der Waals surface area contributed by atoms with Crippen molar-refractivity contribution in [1.29, 1.82) is 0 Å². The van der Waals surface area contributed by atoms with Crippen molar-refractivity contribution in [2.75, 3.05) is 5.73 Å². The molecule has 0 atom stereocenters. The van der Waals surface area contributed by atoms with Crippen LogP contribution in [0.15, 0.2) is 84.9 Å². The lowest BCUT2D eigenvalue weighted by Crippen LogP contribution is -2.09. The number of carbonyl (C=O) groups excluding carboxylic acids is 1. The van der Waals surface area contributed by atoms with Crippen molar-refractivity contribution in [2.45, 2.75) is 0 Å². The SMILES string of the molecule is Nc1nc(-c2ccccc2OC(=O)c2ccccc2)cc2ccccc12. The van der Waals surface area contributed by atoms with Crippen LogP contribution in [0.3, 0.4) is 0 Å². The van der Waals surface area contributed by atoms with E-state index in [-0.39, 0.29) is 0 Å². The summed E-state index contributed by atoms with van der Waals surface area (Å²) in [7, 11) is 0. The van der Waals surface area contributed by atoms with E-state index in [4.69, 9.17) is 10.5 Å². The molecule has 2 N–H and O–H groups in total. The molecular weight excluding hydrogens is 324 g/mol. The molecule has 0 spiro atoms. The van der Waals surface area contributed by atoms with Crippen molar-refractivity contribution in [1.82, 2.24) is 4.98 Å². The number of benzene rings is 3. The van der Waals surface area contributed by atoms with Gasteiger partial charge in [0.2, 0.25) is 0 Å². The van der Waals surface area contributed by atoms with Crippen molar-refractivity contribution >= 4 is 22.6 Å². The zero-order valence-electron chi connectivity index (χ0n) is 13.9. The van der Waals surface area contributed by atoms with Gasteiger partial charge in [-0.15, -0.1) is 0 Å². The molecule has 0 saturated carbocycles. The summed E-state index contributed by atoms with van der Waals surface area (Å²) in [6, 6.07) is 25.9. The highest BCUT2D eigenvalue weighted by Gasteiger charge is 2.14. The van der Waals surface area contributed by atoms with Crippen LogP contribution in [0, 0.1) is 0 Å². The Labute approximate surface area is 150 Å². The van der Waals surface area contributed by atoms with Crippen LogP contribution in [0.5, 0.6) is 5.75 Å². The molecule has 0 fully saturated rings. The van der Waals surface area contributed by atoms with Gasteiger partial charge in [0.05, 0.1) is 11.3 Å². The molecule has 0 amide bonds. The monoisotopic (exact) mass is 340 g/mol. The second kappa shape index (κ2) is 6.69. The van der Waals surface area contributed by atoms with Crippen LogP contribution in [-0.4, -0.2) is 11.0 Å². The zero-order chi connectivity index (χ0) is 17.9. The summed E-state index contributed by atoms with van der Waals surface area (Å²) in [4.78, 5) is 16.9. The highest BCUT2D eigenvalue weighted by atomic mass is 16.5. The first-order valence-electron chi connectivity index (χ1n) is 8.24. The van der Waals surface area contributed by atoms with Crippen LogP contribution >= 0.6 is 0 Å². The van der Waals surface area contributed by atoms with Crippen molar-refractivity contribution in [3.8, 4) is 17.0 Å². The minimum absolute atomic E-state index is 0.410. The van der Waals surface area contributed by atoms with E-state index in [0.717, 1.165) is 10.8 Å². The largest absolute Gasteiger partial charge is 0.422 e. The molecule has 0 aliphatic rings. The van der Waals surface area contributed by atoms with Crippen LogP contribution in [0.4, 0.5) is 5.82 Å². The molecule has 0 bridgehead atoms. The van der Waals surface area contributed by atoms with Crippen molar-refractivity contribution in [3.05, 3.63) is 90.5 Å². The van der Waals surface area contributed by atoms with E-state index in [2.05, 4.69) is 4.98 Å². The summed E-state index contributed by atoms with van der Waals surface area (Å²) < 4.78 is 5.62. The lowest BCUT2D eigenvalue weighted by Gasteiger charge is -2.11. The predicted octanol–water partition coefficient (Wildman–Crippen LogP) is 4.70. The van der Waals surface area contributed by atoms with Gasteiger partial charge in [0, 0.05) is 10.9 Å². The Kier molecular flexibility index (Phi) is 4.07. The predicted molar refractivity (Wildman–Crippen MR) is 103 cm³/mol. The van der Waals surface area contributed by atoms with E-state index in [1.54, 1.807) is 30.3 Å². The number of ether oxygens (including phenoxy) is 1. The summed E-state index contributed by atoms with van der Waals surface area (Å²) in [5.74, 6) is 0.484. The van der Waals surface area contributed by atoms with Crippen LogP contribution < -0.4 is 10.5 Å². The minimum atomic E-state index is -0.410. The molecule has 0 saturated heterocycles. The second-order valence-corrected chi connectivity index (χ2v) is 5.87. The van der Waals surface area contributed by atoms with Crippen molar-refractivity contribution in [2.24, 2.45) is 0 Å². The Morgan fingerprint density at radius 2 is 1.54 bits per heavy atom. The second-order valence-electron chi connectivity index (χ2n) is 5.87. The molecule has 3 aromatic carbocycles. The number of nitrogens with zero attached hydrogens (tertiary/aromatic N) is 1. The molecule has 1 heterocycles. The zero-order valence-corrected chi connectivity index (χ0v) is 13.9. The molecule has 26 heavy (non-hydrogen) atoms. The molecule has 4 heteroatoms. The van der Waals surface area contributed by atoms with Crippen LogP contribution in [0.25, 0.3) is 22.0 Å². The first-order chi connectivity index (χ1) is 12.7. The van der Waals surface area contributed by atoms with Gasteiger partial charge in [0.1, 0.15) is 11.6 Å². The fraction of sp³-hybridized carbons (Fsp3) is 0. The molecule has 126 valence electrons. The fourth-order valence-corrected chi connectivity index (χ4v) is 2.86. The van der Waals surface area contributed by atoms with Gasteiger partial charge in [-0.1, -0.05) is 54.6 Å². The third-order valence-electron chi connectivity index (χ3n) is 4.15. The first kappa shape index (κ1) is 15.8. The third-order valence-corrected chi connectivity index (χ3v) is 4.15. The standard InChI is InChI=1S/C22H16N2O2/c23-21-17-11-5-4-10-16(17)14-19(24-21)18-12-6-7-13-20(18)26-22(25)15-8-2-1-3-9-15/h1-14H,(H2,23,24). The number of pyridine rings is 1. The quantitative estimate of drug-likeness (QED) is 0.433. The number of nitrogen functional groups attached to an aromatic ring is 1. The van der Waals surface area contributed by atoms with E-state index in [1.165, 1.54) is 0 Å². The van der Waals surface area contributed by atoms with Crippen LogP contribution in [0.1, 0.15) is 10.4 Å². The average molecular weight is 340 g/mol. The number of carbonyl (C=O) groups is 1. The van der Waals surface area contributed by atoms with E-state index in [0.29, 0.717) is 28.4 Å². The third kappa shape index (κ3) is 3.00. The summed E-state index contributed by atoms with van der Waals surface area (Å²) in [5.41, 5.74) is 7.99. The van der Waals surface area contributed by atoms with E-state index in [1.807, 2.05) is 54.6 Å². The number of esters is 1. The van der Waals surface area contributed by atoms with E-state index < -0.39 is 5.97 Å². The lowest BCUT2D eigenvalue weighted by molar-refractivity contribution is 0.0735. The van der Waals surface area contributed by atoms with Crippen molar-refractivity contribution < 1.29 is 9.53 Å². The number of hydrogen-bond donors (Lipinski definition) is 1. The van der Waals surface area contributed by atoms with Crippen LogP contribution in [0.2, 0.25) is 0 Å². The van der Waals surface area contributed by atoms with Gasteiger partial charge in [-0.2, -0.15) is 0 Å². The number of rotatable bonds is 3. The molecule has 0 aliphatic heterocycles. The Morgan fingerprint density at radius 1 is 0.846 bits per heavy atom. The first-order valence-corrected chi connectivity index (χ1v) is 8.24. The highest BCUT2D eigenvalue weighted by Crippen LogP contribution is 2.32. The number of para-hydroxylation sites is 1.